The molecule has 1 heterocycles. The zero-order chi connectivity index (χ0) is 16.2. The number of hydrogen-bond acceptors (Lipinski definition) is 2. The third-order valence-electron chi connectivity index (χ3n) is 4.15. The maximum Gasteiger partial charge on any atom is 0.132 e. The minimum absolute atomic E-state index is 0.0227. The second kappa shape index (κ2) is 6.75. The van der Waals surface area contributed by atoms with E-state index >= 15 is 0 Å². The van der Waals surface area contributed by atoms with E-state index < -0.39 is 0 Å². The number of nitrogens with one attached hydrogen (secondary N) is 1. The summed E-state index contributed by atoms with van der Waals surface area (Å²) in [7, 11) is 2.07. The summed E-state index contributed by atoms with van der Waals surface area (Å²) >= 11 is 0. The van der Waals surface area contributed by atoms with Gasteiger partial charge in [0.1, 0.15) is 11.5 Å². The highest BCUT2D eigenvalue weighted by Gasteiger charge is 2.24. The van der Waals surface area contributed by atoms with Crippen LogP contribution in [0.3, 0.4) is 0 Å². The third-order valence-corrected chi connectivity index (χ3v) is 4.15. The van der Waals surface area contributed by atoms with Gasteiger partial charge in [-0.1, -0.05) is 49.4 Å². The van der Waals surface area contributed by atoms with Crippen LogP contribution < -0.4 is 0 Å². The van der Waals surface area contributed by atoms with Gasteiger partial charge in [-0.15, -0.1) is 0 Å². The molecule has 1 atom stereocenters. The molecular formula is C19H20FN3. The van der Waals surface area contributed by atoms with Gasteiger partial charge in [0.15, 0.2) is 0 Å². The molecule has 0 amide bonds. The Labute approximate surface area is 135 Å². The van der Waals surface area contributed by atoms with E-state index in [1.165, 1.54) is 6.07 Å². The van der Waals surface area contributed by atoms with Gasteiger partial charge in [0.05, 0.1) is 6.04 Å². The van der Waals surface area contributed by atoms with Crippen LogP contribution in [0, 0.1) is 5.82 Å². The number of aromatic nitrogens is 2. The fraction of sp³-hybridized carbons (Fsp3) is 0.211. The normalized spacial score (nSPS) is 12.5. The summed E-state index contributed by atoms with van der Waals surface area (Å²) in [6.07, 6.45) is 1.87. The second-order valence-corrected chi connectivity index (χ2v) is 5.56. The molecule has 0 saturated carbocycles. The van der Waals surface area contributed by atoms with Crippen LogP contribution in [0.4, 0.5) is 4.39 Å². The fourth-order valence-corrected chi connectivity index (χ4v) is 2.87. The monoisotopic (exact) mass is 309 g/mol. The van der Waals surface area contributed by atoms with Crippen LogP contribution in [0.1, 0.15) is 24.1 Å². The van der Waals surface area contributed by atoms with E-state index in [0.29, 0.717) is 11.3 Å². The second-order valence-electron chi connectivity index (χ2n) is 5.56. The first kappa shape index (κ1) is 15.4. The zero-order valence-corrected chi connectivity index (χ0v) is 13.3. The van der Waals surface area contributed by atoms with Crippen molar-refractivity contribution >= 4 is 0 Å². The quantitative estimate of drug-likeness (QED) is 0.764. The molecule has 0 saturated heterocycles. The zero-order valence-electron chi connectivity index (χ0n) is 13.3. The number of benzene rings is 2. The highest BCUT2D eigenvalue weighted by atomic mass is 19.1. The Morgan fingerprint density at radius 3 is 2.48 bits per heavy atom. The lowest BCUT2D eigenvalue weighted by molar-refractivity contribution is 0.295. The van der Waals surface area contributed by atoms with Crippen molar-refractivity contribution in [2.75, 3.05) is 13.6 Å². The Morgan fingerprint density at radius 1 is 1.09 bits per heavy atom. The van der Waals surface area contributed by atoms with Gasteiger partial charge in [-0.3, -0.25) is 10.00 Å². The van der Waals surface area contributed by atoms with Gasteiger partial charge in [-0.2, -0.15) is 5.10 Å². The Hall–Kier alpha value is -2.46. The number of halogens is 1. The van der Waals surface area contributed by atoms with Crippen LogP contribution in [0.5, 0.6) is 0 Å². The smallest absolute Gasteiger partial charge is 0.132 e. The summed E-state index contributed by atoms with van der Waals surface area (Å²) in [5.74, 6) is -0.258. The van der Waals surface area contributed by atoms with Crippen LogP contribution in [-0.4, -0.2) is 28.7 Å². The van der Waals surface area contributed by atoms with Crippen LogP contribution in [0.15, 0.2) is 60.8 Å². The van der Waals surface area contributed by atoms with E-state index in [4.69, 9.17) is 0 Å². The molecule has 1 unspecified atom stereocenters. The lowest BCUT2D eigenvalue weighted by atomic mass is 9.95. The van der Waals surface area contributed by atoms with Crippen molar-refractivity contribution in [1.29, 1.82) is 0 Å². The number of H-pyrrole nitrogens is 1. The van der Waals surface area contributed by atoms with Gasteiger partial charge in [-0.05, 0) is 31.3 Å². The summed E-state index contributed by atoms with van der Waals surface area (Å²) in [5.41, 5.74) is 3.33. The molecule has 0 radical (unpaired) electrons. The molecule has 4 heteroatoms. The highest BCUT2D eigenvalue weighted by molar-refractivity contribution is 5.64. The summed E-state index contributed by atoms with van der Waals surface area (Å²) in [6, 6.07) is 17.0. The van der Waals surface area contributed by atoms with Crippen LogP contribution in [0.25, 0.3) is 11.3 Å². The van der Waals surface area contributed by atoms with E-state index in [2.05, 4.69) is 41.2 Å². The van der Waals surface area contributed by atoms with Crippen molar-refractivity contribution in [3.05, 3.63) is 77.7 Å². The lowest BCUT2D eigenvalue weighted by Crippen LogP contribution is -2.25. The molecule has 0 spiro atoms. The summed E-state index contributed by atoms with van der Waals surface area (Å²) in [6.45, 7) is 2.99. The molecule has 3 rings (SSSR count). The Balaban J connectivity index is 2.12. The molecule has 1 aromatic heterocycles. The Bertz CT molecular complexity index is 767. The van der Waals surface area contributed by atoms with E-state index in [1.807, 2.05) is 30.5 Å². The van der Waals surface area contributed by atoms with Crippen molar-refractivity contribution < 1.29 is 4.39 Å². The molecule has 1 N–H and O–H groups in total. The summed E-state index contributed by atoms with van der Waals surface area (Å²) < 4.78 is 14.2. The molecular weight excluding hydrogens is 289 g/mol. The fourth-order valence-electron chi connectivity index (χ4n) is 2.87. The third kappa shape index (κ3) is 3.03. The largest absolute Gasteiger partial charge is 0.296 e. The first-order valence-electron chi connectivity index (χ1n) is 7.76. The molecule has 0 aliphatic rings. The minimum atomic E-state index is -0.258. The molecule has 0 bridgehead atoms. The molecule has 23 heavy (non-hydrogen) atoms. The van der Waals surface area contributed by atoms with Crippen LogP contribution >= 0.6 is 0 Å². The average Bonchev–Trinajstić information content (AvgIpc) is 3.05. The highest BCUT2D eigenvalue weighted by Crippen LogP contribution is 2.34. The molecule has 0 aliphatic carbocycles. The molecule has 0 fully saturated rings. The Morgan fingerprint density at radius 2 is 1.78 bits per heavy atom. The van der Waals surface area contributed by atoms with Crippen molar-refractivity contribution in [3.63, 3.8) is 0 Å². The van der Waals surface area contributed by atoms with Crippen molar-refractivity contribution in [2.45, 2.75) is 13.0 Å². The topological polar surface area (TPSA) is 31.9 Å². The SMILES string of the molecule is CCN(C)C(c1ccccc1)c1c[nH]nc1-c1ccccc1F. The standard InChI is InChI=1S/C19H20FN3/c1-3-23(2)19(14-9-5-4-6-10-14)16-13-21-22-18(16)15-11-7-8-12-17(15)20/h4-13,19H,3H2,1-2H3,(H,21,22). The first-order chi connectivity index (χ1) is 11.2. The predicted octanol–water partition coefficient (Wildman–Crippen LogP) is 4.26. The molecule has 3 nitrogen and oxygen atoms in total. The van der Waals surface area contributed by atoms with E-state index in [9.17, 15) is 4.39 Å². The maximum absolute atomic E-state index is 14.2. The van der Waals surface area contributed by atoms with Crippen molar-refractivity contribution in [1.82, 2.24) is 15.1 Å². The Kier molecular flexibility index (Phi) is 4.53. The van der Waals surface area contributed by atoms with Crippen LogP contribution in [-0.2, 0) is 0 Å². The number of hydrogen-bond donors (Lipinski definition) is 1. The van der Waals surface area contributed by atoms with Gasteiger partial charge in [-0.25, -0.2) is 4.39 Å². The minimum Gasteiger partial charge on any atom is -0.296 e. The van der Waals surface area contributed by atoms with Gasteiger partial charge in [0, 0.05) is 17.3 Å². The molecule has 118 valence electrons. The van der Waals surface area contributed by atoms with Crippen molar-refractivity contribution in [2.24, 2.45) is 0 Å². The van der Waals surface area contributed by atoms with Crippen molar-refractivity contribution in [3.8, 4) is 11.3 Å². The van der Waals surface area contributed by atoms with Gasteiger partial charge in [0.2, 0.25) is 0 Å². The molecule has 0 aliphatic heterocycles. The van der Waals surface area contributed by atoms with E-state index in [0.717, 1.165) is 17.7 Å². The van der Waals surface area contributed by atoms with Crippen LogP contribution in [0.2, 0.25) is 0 Å². The van der Waals surface area contributed by atoms with E-state index in [-0.39, 0.29) is 11.9 Å². The lowest BCUT2D eigenvalue weighted by Gasteiger charge is -2.27. The number of aromatic amines is 1. The maximum atomic E-state index is 14.2. The van der Waals surface area contributed by atoms with Gasteiger partial charge >= 0.3 is 0 Å². The first-order valence-corrected chi connectivity index (χ1v) is 7.76. The van der Waals surface area contributed by atoms with Gasteiger partial charge in [0.25, 0.3) is 0 Å². The molecule has 3 aromatic rings. The van der Waals surface area contributed by atoms with E-state index in [1.54, 1.807) is 12.1 Å². The van der Waals surface area contributed by atoms with Gasteiger partial charge < -0.3 is 0 Å². The molecule has 2 aromatic carbocycles. The number of nitrogens with zero attached hydrogens (tertiary/aromatic N) is 2. The summed E-state index contributed by atoms with van der Waals surface area (Å²) in [4.78, 5) is 2.23. The summed E-state index contributed by atoms with van der Waals surface area (Å²) in [5, 5.41) is 7.23. The average molecular weight is 309 g/mol. The number of rotatable bonds is 5. The predicted molar refractivity (Wildman–Crippen MR) is 90.6 cm³/mol.